The number of fused-ring (bicyclic) bond motifs is 10. The maximum absolute atomic E-state index is 12.7. The Morgan fingerprint density at radius 3 is 1.41 bits per heavy atom. The number of carbonyl (C=O) groups excluding carboxylic acids is 2. The average Bonchev–Trinajstić information content (AvgIpc) is 3.81. The van der Waals surface area contributed by atoms with Gasteiger partial charge in [0.15, 0.2) is 0 Å². The van der Waals surface area contributed by atoms with Gasteiger partial charge in [0.05, 0.1) is 38.3 Å². The molecule has 0 amide bonds. The molecule has 8 aliphatic carbocycles. The van der Waals surface area contributed by atoms with Gasteiger partial charge in [0, 0.05) is 13.2 Å². The molecular formula is C54H86O7. The topological polar surface area (TPSA) is 102 Å². The van der Waals surface area contributed by atoms with Gasteiger partial charge in [-0.3, -0.25) is 9.59 Å². The number of carbonyl (C=O) groups is 2. The molecule has 8 rings (SSSR count). The summed E-state index contributed by atoms with van der Waals surface area (Å²) in [4.78, 5) is 25.4. The van der Waals surface area contributed by atoms with Crippen molar-refractivity contribution in [2.75, 3.05) is 27.4 Å². The Balaban J connectivity index is 0.679. The maximum Gasteiger partial charge on any atom is 0.309 e. The molecule has 344 valence electrons. The zero-order chi connectivity index (χ0) is 43.2. The molecule has 0 bridgehead atoms. The Hall–Kier alpha value is -1.70. The Morgan fingerprint density at radius 1 is 0.574 bits per heavy atom. The van der Waals surface area contributed by atoms with Crippen LogP contribution in [0.1, 0.15) is 182 Å². The molecule has 61 heavy (non-hydrogen) atoms. The molecular weight excluding hydrogens is 761 g/mol. The number of aliphatic hydroxyl groups is 2. The second kappa shape index (κ2) is 18.7. The number of hydrogen-bond donors (Lipinski definition) is 2. The summed E-state index contributed by atoms with van der Waals surface area (Å²) in [7, 11) is 3.11. The van der Waals surface area contributed by atoms with E-state index in [1.165, 1.54) is 38.5 Å². The molecule has 2 unspecified atom stereocenters. The first-order valence-corrected chi connectivity index (χ1v) is 25.8. The number of methoxy groups -OCH3 is 2. The first kappa shape index (κ1) is 45.9. The number of esters is 2. The van der Waals surface area contributed by atoms with E-state index in [9.17, 15) is 19.8 Å². The molecule has 0 aromatic heterocycles. The van der Waals surface area contributed by atoms with Gasteiger partial charge in [-0.05, 0) is 197 Å². The lowest BCUT2D eigenvalue weighted by Crippen LogP contribution is -2.51. The lowest BCUT2D eigenvalue weighted by atomic mass is 9.47. The highest BCUT2D eigenvalue weighted by atomic mass is 16.5. The fraction of sp³-hybridized carbons (Fsp3) is 0.889. The number of aliphatic hydroxyl groups excluding tert-OH is 2. The number of rotatable bonds is 16. The van der Waals surface area contributed by atoms with Crippen LogP contribution in [0.4, 0.5) is 0 Å². The SMILES string of the molecule is COC(=O)[C@H]1CC[C@H]2[C@@H]3CC=C4C[C@@H](C(O)CCCCCOCCCCCC(O)[C@H]5CC[C@@]6(C)C(=CC[C@H]7[C@@H]8CC[C@H](C(=O)OC)[C@@]8(C)CC[C@@H]76)C5)CC[C@]4(C)[C@H]3CC[C@]12C. The van der Waals surface area contributed by atoms with E-state index in [4.69, 9.17) is 14.2 Å². The maximum atomic E-state index is 12.7. The molecule has 0 aliphatic heterocycles. The lowest BCUT2D eigenvalue weighted by molar-refractivity contribution is -0.153. The molecule has 6 saturated carbocycles. The van der Waals surface area contributed by atoms with Gasteiger partial charge in [0.2, 0.25) is 0 Å². The molecule has 7 heteroatoms. The van der Waals surface area contributed by atoms with Gasteiger partial charge in [-0.25, -0.2) is 0 Å². The van der Waals surface area contributed by atoms with E-state index in [0.717, 1.165) is 129 Å². The molecule has 0 spiro atoms. The van der Waals surface area contributed by atoms with Crippen molar-refractivity contribution in [2.24, 2.45) is 80.8 Å². The molecule has 0 aromatic carbocycles. The summed E-state index contributed by atoms with van der Waals surface area (Å²) >= 11 is 0. The van der Waals surface area contributed by atoms with Crippen molar-refractivity contribution in [3.63, 3.8) is 0 Å². The summed E-state index contributed by atoms with van der Waals surface area (Å²) in [6.45, 7) is 11.5. The molecule has 0 heterocycles. The van der Waals surface area contributed by atoms with Crippen molar-refractivity contribution < 1.29 is 34.0 Å². The Morgan fingerprint density at radius 2 is 1.00 bits per heavy atom. The molecule has 7 nitrogen and oxygen atoms in total. The molecule has 0 radical (unpaired) electrons. The summed E-state index contributed by atoms with van der Waals surface area (Å²) in [5.74, 6) is 4.95. The number of hydrogen-bond acceptors (Lipinski definition) is 7. The van der Waals surface area contributed by atoms with Crippen LogP contribution in [-0.2, 0) is 23.8 Å². The van der Waals surface area contributed by atoms with Crippen LogP contribution in [0.15, 0.2) is 23.3 Å². The number of allylic oxidation sites excluding steroid dienone is 4. The standard InChI is InChI=1S/C54H86O7/c1-51-27-23-35(33-37(51)15-17-39-41-19-21-45(49(57)59-5)53(41,3)29-25-43(39)51)47(55)13-9-7-11-31-61-32-12-8-10-14-48(56)36-24-28-52(2)38(34-36)16-18-40-42-20-22-46(50(58)60-6)54(42,4)30-26-44(40)52/h15-16,35-36,39-48,55-56H,7-14,17-34H2,1-6H3/t35-,36-,39-,40-,41-,42-,43-,44-,45+,46+,47?,48?,51-,52-,53-,54-/m0/s1. The van der Waals surface area contributed by atoms with Crippen LogP contribution in [0, 0.1) is 80.8 Å². The highest BCUT2D eigenvalue weighted by Crippen LogP contribution is 2.68. The van der Waals surface area contributed by atoms with Crippen molar-refractivity contribution in [3.8, 4) is 0 Å². The zero-order valence-corrected chi connectivity index (χ0v) is 39.4. The third-order valence-electron chi connectivity index (χ3n) is 20.9. The minimum Gasteiger partial charge on any atom is -0.469 e. The number of unbranched alkanes of at least 4 members (excludes halogenated alkanes) is 4. The van der Waals surface area contributed by atoms with E-state index in [0.29, 0.717) is 47.3 Å². The first-order valence-electron chi connectivity index (χ1n) is 25.8. The summed E-state index contributed by atoms with van der Waals surface area (Å²) in [6.07, 6.45) is 31.1. The van der Waals surface area contributed by atoms with Crippen LogP contribution < -0.4 is 0 Å². The van der Waals surface area contributed by atoms with Crippen LogP contribution in [-0.4, -0.2) is 61.8 Å². The smallest absolute Gasteiger partial charge is 0.309 e. The van der Waals surface area contributed by atoms with Gasteiger partial charge in [0.1, 0.15) is 0 Å². The Bertz CT molecular complexity index is 1500. The second-order valence-electron chi connectivity index (χ2n) is 23.4. The zero-order valence-electron chi connectivity index (χ0n) is 39.4. The van der Waals surface area contributed by atoms with Crippen molar-refractivity contribution >= 4 is 11.9 Å². The molecule has 16 atom stereocenters. The predicted molar refractivity (Wildman–Crippen MR) is 241 cm³/mol. The molecule has 8 aliphatic rings. The summed E-state index contributed by atoms with van der Waals surface area (Å²) in [5.41, 5.74) is 3.95. The second-order valence-corrected chi connectivity index (χ2v) is 23.4. The van der Waals surface area contributed by atoms with E-state index in [1.807, 2.05) is 0 Å². The lowest BCUT2D eigenvalue weighted by Gasteiger charge is -2.58. The first-order chi connectivity index (χ1) is 29.3. The van der Waals surface area contributed by atoms with Crippen molar-refractivity contribution in [1.29, 1.82) is 0 Å². The van der Waals surface area contributed by atoms with Gasteiger partial charge in [0.25, 0.3) is 0 Å². The van der Waals surface area contributed by atoms with Gasteiger partial charge < -0.3 is 24.4 Å². The van der Waals surface area contributed by atoms with Crippen molar-refractivity contribution in [3.05, 3.63) is 23.3 Å². The average molecular weight is 847 g/mol. The van der Waals surface area contributed by atoms with E-state index < -0.39 is 0 Å². The third kappa shape index (κ3) is 8.40. The highest BCUT2D eigenvalue weighted by molar-refractivity contribution is 5.74. The van der Waals surface area contributed by atoms with Crippen LogP contribution in [0.3, 0.4) is 0 Å². The van der Waals surface area contributed by atoms with E-state index in [-0.39, 0.29) is 57.6 Å². The normalized spacial score (nSPS) is 43.5. The van der Waals surface area contributed by atoms with E-state index in [2.05, 4.69) is 39.8 Å². The fourth-order valence-corrected chi connectivity index (χ4v) is 17.1. The number of ether oxygens (including phenoxy) is 3. The van der Waals surface area contributed by atoms with E-state index >= 15 is 0 Å². The van der Waals surface area contributed by atoms with Gasteiger partial charge >= 0.3 is 11.9 Å². The van der Waals surface area contributed by atoms with Crippen molar-refractivity contribution in [2.45, 2.75) is 194 Å². The van der Waals surface area contributed by atoms with Gasteiger partial charge in [-0.15, -0.1) is 0 Å². The molecule has 0 saturated heterocycles. The largest absolute Gasteiger partial charge is 0.469 e. The van der Waals surface area contributed by atoms with Crippen molar-refractivity contribution in [1.82, 2.24) is 0 Å². The van der Waals surface area contributed by atoms with Crippen LogP contribution in [0.25, 0.3) is 0 Å². The van der Waals surface area contributed by atoms with Crippen LogP contribution >= 0.6 is 0 Å². The molecule has 0 aromatic rings. The van der Waals surface area contributed by atoms with Crippen LogP contribution in [0.2, 0.25) is 0 Å². The minimum atomic E-state index is -0.209. The fourth-order valence-electron chi connectivity index (χ4n) is 17.1. The quantitative estimate of drug-likeness (QED) is 0.0906. The summed E-state index contributed by atoms with van der Waals surface area (Å²) < 4.78 is 16.5. The Kier molecular flexibility index (Phi) is 14.0. The minimum absolute atomic E-state index is 0.0104. The van der Waals surface area contributed by atoms with Gasteiger partial charge in [-0.1, -0.05) is 76.7 Å². The van der Waals surface area contributed by atoms with Crippen LogP contribution in [0.5, 0.6) is 0 Å². The summed E-state index contributed by atoms with van der Waals surface area (Å²) in [6, 6.07) is 0. The molecule has 2 N–H and O–H groups in total. The monoisotopic (exact) mass is 847 g/mol. The summed E-state index contributed by atoms with van der Waals surface area (Å²) in [5, 5.41) is 22.6. The predicted octanol–water partition coefficient (Wildman–Crippen LogP) is 11.6. The third-order valence-corrected chi connectivity index (χ3v) is 20.9. The highest BCUT2D eigenvalue weighted by Gasteiger charge is 2.62. The Labute approximate surface area is 370 Å². The van der Waals surface area contributed by atoms with Gasteiger partial charge in [-0.2, -0.15) is 0 Å². The van der Waals surface area contributed by atoms with E-state index in [1.54, 1.807) is 25.4 Å². The molecule has 6 fully saturated rings.